The van der Waals surface area contributed by atoms with Crippen molar-refractivity contribution in [2.24, 2.45) is 0 Å². The Kier molecular flexibility index (Phi) is 3.49. The molecule has 0 saturated carbocycles. The maximum absolute atomic E-state index is 5.87. The number of nitrogens with two attached hydrogens (primary N) is 1. The summed E-state index contributed by atoms with van der Waals surface area (Å²) in [7, 11) is 0. The van der Waals surface area contributed by atoms with Gasteiger partial charge in [-0.1, -0.05) is 16.8 Å². The first-order chi connectivity index (χ1) is 10.2. The fraction of sp³-hybridized carbons (Fsp3) is 0.154. The Hall–Kier alpha value is -2.54. The fourth-order valence-corrected chi connectivity index (χ4v) is 2.03. The first-order valence-corrected chi connectivity index (χ1v) is 6.74. The van der Waals surface area contributed by atoms with Crippen LogP contribution < -0.4 is 11.1 Å². The number of anilines is 2. The van der Waals surface area contributed by atoms with Crippen LogP contribution in [0.3, 0.4) is 0 Å². The second-order valence-electron chi connectivity index (χ2n) is 4.32. The molecule has 0 amide bonds. The Bertz CT molecular complexity index is 748. The van der Waals surface area contributed by atoms with Crippen molar-refractivity contribution in [3.63, 3.8) is 0 Å². The van der Waals surface area contributed by atoms with Crippen LogP contribution in [-0.4, -0.2) is 26.9 Å². The predicted octanol–water partition coefficient (Wildman–Crippen LogP) is 2.79. The highest BCUT2D eigenvalue weighted by molar-refractivity contribution is 6.30. The number of aromatic amines is 1. The Morgan fingerprint density at radius 1 is 1.33 bits per heavy atom. The van der Waals surface area contributed by atoms with Crippen molar-refractivity contribution in [3.8, 4) is 22.8 Å². The van der Waals surface area contributed by atoms with Crippen LogP contribution in [0, 0.1) is 0 Å². The summed E-state index contributed by atoms with van der Waals surface area (Å²) in [5, 5.41) is 14.5. The zero-order chi connectivity index (χ0) is 14.8. The lowest BCUT2D eigenvalue weighted by atomic mass is 10.2. The van der Waals surface area contributed by atoms with Crippen LogP contribution in [0.2, 0.25) is 5.02 Å². The molecule has 0 aliphatic heterocycles. The zero-order valence-electron chi connectivity index (χ0n) is 11.2. The van der Waals surface area contributed by atoms with Gasteiger partial charge in [0, 0.05) is 17.1 Å². The van der Waals surface area contributed by atoms with Gasteiger partial charge in [0.15, 0.2) is 5.82 Å². The third kappa shape index (κ3) is 2.55. The summed E-state index contributed by atoms with van der Waals surface area (Å²) in [6.07, 6.45) is 0. The lowest BCUT2D eigenvalue weighted by molar-refractivity contribution is 0.432. The average molecular weight is 305 g/mol. The molecule has 0 fully saturated rings. The summed E-state index contributed by atoms with van der Waals surface area (Å²) in [5.74, 6) is 1.73. The van der Waals surface area contributed by atoms with Crippen LogP contribution in [0.25, 0.3) is 22.8 Å². The molecule has 108 valence electrons. The van der Waals surface area contributed by atoms with E-state index in [2.05, 4.69) is 25.7 Å². The second kappa shape index (κ2) is 5.45. The summed E-state index contributed by atoms with van der Waals surface area (Å²) < 4.78 is 5.29. The summed E-state index contributed by atoms with van der Waals surface area (Å²) in [5.41, 5.74) is 7.25. The summed E-state index contributed by atoms with van der Waals surface area (Å²) >= 11 is 5.86. The van der Waals surface area contributed by atoms with E-state index >= 15 is 0 Å². The molecule has 0 radical (unpaired) electrons. The maximum atomic E-state index is 5.87. The molecule has 0 unspecified atom stereocenters. The van der Waals surface area contributed by atoms with Gasteiger partial charge < -0.3 is 15.6 Å². The zero-order valence-corrected chi connectivity index (χ0v) is 12.0. The molecule has 2 heterocycles. The molecule has 0 aliphatic carbocycles. The predicted molar refractivity (Wildman–Crippen MR) is 80.9 cm³/mol. The molecule has 2 aromatic heterocycles. The number of rotatable bonds is 4. The number of hydrogen-bond donors (Lipinski definition) is 3. The molecule has 0 aliphatic rings. The van der Waals surface area contributed by atoms with Gasteiger partial charge in [-0.2, -0.15) is 10.1 Å². The normalized spacial score (nSPS) is 10.8. The van der Waals surface area contributed by atoms with E-state index in [0.717, 1.165) is 5.56 Å². The minimum atomic E-state index is 0.308. The lowest BCUT2D eigenvalue weighted by Crippen LogP contribution is -1.98. The quantitative estimate of drug-likeness (QED) is 0.684. The SMILES string of the molecule is CCNc1n[nH]c(N)c1-c1nc(-c2ccc(Cl)cc2)no1. The van der Waals surface area contributed by atoms with Crippen molar-refractivity contribution in [2.45, 2.75) is 6.92 Å². The van der Waals surface area contributed by atoms with E-state index in [-0.39, 0.29) is 0 Å². The minimum absolute atomic E-state index is 0.308. The number of aromatic nitrogens is 4. The van der Waals surface area contributed by atoms with Gasteiger partial charge in [0.1, 0.15) is 11.4 Å². The van der Waals surface area contributed by atoms with E-state index in [1.165, 1.54) is 0 Å². The number of nitrogens with zero attached hydrogens (tertiary/aromatic N) is 3. The summed E-state index contributed by atoms with van der Waals surface area (Å²) in [4.78, 5) is 4.36. The van der Waals surface area contributed by atoms with Crippen LogP contribution in [0.1, 0.15) is 6.92 Å². The van der Waals surface area contributed by atoms with Crippen molar-refractivity contribution < 1.29 is 4.52 Å². The van der Waals surface area contributed by atoms with Gasteiger partial charge in [-0.25, -0.2) is 0 Å². The standard InChI is InChI=1S/C13H13ClN6O/c1-2-16-12-9(10(15)18-19-12)13-17-11(20-21-13)7-3-5-8(14)6-4-7/h3-6H,2H2,1H3,(H4,15,16,18,19). The van der Waals surface area contributed by atoms with Crippen LogP contribution in [0.15, 0.2) is 28.8 Å². The smallest absolute Gasteiger partial charge is 0.265 e. The molecule has 0 atom stereocenters. The molecule has 0 bridgehead atoms. The van der Waals surface area contributed by atoms with E-state index in [0.29, 0.717) is 40.5 Å². The number of hydrogen-bond acceptors (Lipinski definition) is 6. The van der Waals surface area contributed by atoms with E-state index < -0.39 is 0 Å². The molecular formula is C13H13ClN6O. The van der Waals surface area contributed by atoms with Crippen molar-refractivity contribution in [1.29, 1.82) is 0 Å². The first kappa shape index (κ1) is 13.4. The lowest BCUT2D eigenvalue weighted by Gasteiger charge is -1.99. The van der Waals surface area contributed by atoms with Crippen LogP contribution in [0.5, 0.6) is 0 Å². The number of benzene rings is 1. The molecule has 4 N–H and O–H groups in total. The molecule has 0 spiro atoms. The Balaban J connectivity index is 1.98. The number of halogens is 1. The maximum Gasteiger partial charge on any atom is 0.265 e. The fourth-order valence-electron chi connectivity index (χ4n) is 1.91. The van der Waals surface area contributed by atoms with Gasteiger partial charge in [0.25, 0.3) is 5.89 Å². The molecule has 0 saturated heterocycles. The van der Waals surface area contributed by atoms with E-state index in [9.17, 15) is 0 Å². The largest absolute Gasteiger partial charge is 0.383 e. The Morgan fingerprint density at radius 3 is 2.81 bits per heavy atom. The third-order valence-corrected chi connectivity index (χ3v) is 3.13. The van der Waals surface area contributed by atoms with E-state index in [4.69, 9.17) is 21.9 Å². The summed E-state index contributed by atoms with van der Waals surface area (Å²) in [6.45, 7) is 2.66. The number of H-pyrrole nitrogens is 1. The first-order valence-electron chi connectivity index (χ1n) is 6.36. The van der Waals surface area contributed by atoms with E-state index in [1.807, 2.05) is 19.1 Å². The Labute approximate surface area is 125 Å². The van der Waals surface area contributed by atoms with Crippen LogP contribution >= 0.6 is 11.6 Å². The Morgan fingerprint density at radius 2 is 2.10 bits per heavy atom. The minimum Gasteiger partial charge on any atom is -0.383 e. The third-order valence-electron chi connectivity index (χ3n) is 2.88. The molecule has 7 nitrogen and oxygen atoms in total. The van der Waals surface area contributed by atoms with Crippen LogP contribution in [-0.2, 0) is 0 Å². The van der Waals surface area contributed by atoms with Gasteiger partial charge in [-0.3, -0.25) is 5.10 Å². The molecule has 21 heavy (non-hydrogen) atoms. The van der Waals surface area contributed by atoms with E-state index in [1.54, 1.807) is 12.1 Å². The molecule has 8 heteroatoms. The highest BCUT2D eigenvalue weighted by Crippen LogP contribution is 2.31. The highest BCUT2D eigenvalue weighted by atomic mass is 35.5. The van der Waals surface area contributed by atoms with Crippen molar-refractivity contribution in [2.75, 3.05) is 17.6 Å². The monoisotopic (exact) mass is 304 g/mol. The van der Waals surface area contributed by atoms with Crippen molar-refractivity contribution in [1.82, 2.24) is 20.3 Å². The van der Waals surface area contributed by atoms with Gasteiger partial charge in [0.05, 0.1) is 0 Å². The van der Waals surface area contributed by atoms with Crippen molar-refractivity contribution >= 4 is 23.2 Å². The molecule has 1 aromatic carbocycles. The topological polar surface area (TPSA) is 106 Å². The number of nitrogens with one attached hydrogen (secondary N) is 2. The second-order valence-corrected chi connectivity index (χ2v) is 4.76. The summed E-state index contributed by atoms with van der Waals surface area (Å²) in [6, 6.07) is 7.17. The van der Waals surface area contributed by atoms with Gasteiger partial charge in [-0.05, 0) is 31.2 Å². The van der Waals surface area contributed by atoms with Gasteiger partial charge in [0.2, 0.25) is 5.82 Å². The number of nitrogen functional groups attached to an aromatic ring is 1. The van der Waals surface area contributed by atoms with Crippen LogP contribution in [0.4, 0.5) is 11.6 Å². The van der Waals surface area contributed by atoms with Gasteiger partial charge in [-0.15, -0.1) is 0 Å². The molecule has 3 rings (SSSR count). The van der Waals surface area contributed by atoms with Gasteiger partial charge >= 0.3 is 0 Å². The highest BCUT2D eigenvalue weighted by Gasteiger charge is 2.19. The average Bonchev–Trinajstić information content (AvgIpc) is 3.07. The molecule has 3 aromatic rings. The molecular weight excluding hydrogens is 292 g/mol. The van der Waals surface area contributed by atoms with Crippen molar-refractivity contribution in [3.05, 3.63) is 29.3 Å².